The van der Waals surface area contributed by atoms with Crippen LogP contribution in [0.1, 0.15) is 0 Å². The Kier molecular flexibility index (Phi) is 6.90. The van der Waals surface area contributed by atoms with Gasteiger partial charge >= 0.3 is 0 Å². The second-order valence-corrected chi connectivity index (χ2v) is 1.60. The third-order valence-electron chi connectivity index (χ3n) is 0.808. The first-order valence-electron chi connectivity index (χ1n) is 3.13. The molecule has 0 radical (unpaired) electrons. The van der Waals surface area contributed by atoms with Gasteiger partial charge in [0.25, 0.3) is 0 Å². The summed E-state index contributed by atoms with van der Waals surface area (Å²) in [5, 5.41) is 2.98. The lowest BCUT2D eigenvalue weighted by molar-refractivity contribution is 0.291. The number of rotatable bonds is 6. The van der Waals surface area contributed by atoms with Crippen LogP contribution in [-0.2, 0) is 4.74 Å². The number of hydrogen-bond donors (Lipinski definition) is 1. The van der Waals surface area contributed by atoms with Gasteiger partial charge in [-0.05, 0) is 12.3 Å². The molecule has 0 amide bonds. The summed E-state index contributed by atoms with van der Waals surface area (Å²) >= 11 is 0. The van der Waals surface area contributed by atoms with E-state index < -0.39 is 0 Å². The predicted molar refractivity (Wildman–Crippen MR) is 43.5 cm³/mol. The van der Waals surface area contributed by atoms with Gasteiger partial charge in [0.1, 0.15) is 6.61 Å². The number of ether oxygens (including phenoxy) is 1. The minimum Gasteiger partial charge on any atom is -0.498 e. The molecular formula is C8H13NO. The van der Waals surface area contributed by atoms with Crippen molar-refractivity contribution in [3.8, 4) is 0 Å². The molecule has 0 spiro atoms. The van der Waals surface area contributed by atoms with Crippen LogP contribution in [0, 0.1) is 0 Å². The van der Waals surface area contributed by atoms with Gasteiger partial charge in [0, 0.05) is 6.54 Å². The van der Waals surface area contributed by atoms with Crippen LogP contribution in [0.3, 0.4) is 0 Å². The maximum absolute atomic E-state index is 4.82. The Bertz CT molecular complexity index is 104. The van der Waals surface area contributed by atoms with Crippen molar-refractivity contribution in [3.63, 3.8) is 0 Å². The molecule has 0 saturated carbocycles. The normalized spacial score (nSPS) is 9.20. The molecule has 2 heteroatoms. The van der Waals surface area contributed by atoms with Crippen LogP contribution in [-0.4, -0.2) is 13.2 Å². The fraction of sp³-hybridized carbons (Fsp3) is 0.250. The lowest BCUT2D eigenvalue weighted by Crippen LogP contribution is -2.03. The molecule has 56 valence electrons. The molecule has 0 aromatic heterocycles. The van der Waals surface area contributed by atoms with E-state index in [1.54, 1.807) is 6.08 Å². The summed E-state index contributed by atoms with van der Waals surface area (Å²) in [5.41, 5.74) is 0. The van der Waals surface area contributed by atoms with Crippen molar-refractivity contribution in [2.45, 2.75) is 0 Å². The van der Waals surface area contributed by atoms with Gasteiger partial charge in [-0.15, -0.1) is 6.58 Å². The molecule has 0 rings (SSSR count). The zero-order chi connectivity index (χ0) is 7.66. The quantitative estimate of drug-likeness (QED) is 0.341. The first kappa shape index (κ1) is 8.82. The molecule has 0 aromatic rings. The maximum Gasteiger partial charge on any atom is 0.107 e. The second kappa shape index (κ2) is 7.82. The Morgan fingerprint density at radius 3 is 2.80 bits per heavy atom. The molecule has 2 nitrogen and oxygen atoms in total. The van der Waals surface area contributed by atoms with E-state index in [0.29, 0.717) is 6.61 Å². The zero-order valence-corrected chi connectivity index (χ0v) is 6.05. The maximum atomic E-state index is 4.82. The first-order chi connectivity index (χ1) is 4.91. The lowest BCUT2D eigenvalue weighted by atomic mass is 10.6. The molecule has 0 aliphatic carbocycles. The fourth-order valence-electron chi connectivity index (χ4n) is 0.406. The van der Waals surface area contributed by atoms with Crippen molar-refractivity contribution in [2.24, 2.45) is 0 Å². The molecule has 0 bridgehead atoms. The van der Waals surface area contributed by atoms with E-state index in [9.17, 15) is 0 Å². The van der Waals surface area contributed by atoms with Crippen molar-refractivity contribution in [1.29, 1.82) is 0 Å². The standard InChI is InChI=1S/C8H13NO/c1-3-6-9-7-5-8-10-4-2/h3-5,7,9H,1-2,6,8H2. The molecule has 0 aromatic carbocycles. The lowest BCUT2D eigenvalue weighted by Gasteiger charge is -1.93. The van der Waals surface area contributed by atoms with E-state index in [4.69, 9.17) is 4.74 Å². The molecule has 0 saturated heterocycles. The molecule has 0 unspecified atom stereocenters. The van der Waals surface area contributed by atoms with Gasteiger partial charge in [-0.1, -0.05) is 12.7 Å². The third kappa shape index (κ3) is 6.82. The Morgan fingerprint density at radius 2 is 2.20 bits per heavy atom. The van der Waals surface area contributed by atoms with Gasteiger partial charge < -0.3 is 10.1 Å². The molecular weight excluding hydrogens is 126 g/mol. The zero-order valence-electron chi connectivity index (χ0n) is 6.05. The van der Waals surface area contributed by atoms with Crippen LogP contribution in [0.25, 0.3) is 0 Å². The SMILES string of the molecule is C=CCNC=CCOC=C. The highest BCUT2D eigenvalue weighted by molar-refractivity contribution is 4.83. The summed E-state index contributed by atoms with van der Waals surface area (Å²) < 4.78 is 4.82. The number of nitrogens with one attached hydrogen (secondary N) is 1. The summed E-state index contributed by atoms with van der Waals surface area (Å²) in [6, 6.07) is 0. The van der Waals surface area contributed by atoms with Crippen LogP contribution in [0.4, 0.5) is 0 Å². The predicted octanol–water partition coefficient (Wildman–Crippen LogP) is 1.44. The molecule has 0 aliphatic rings. The highest BCUT2D eigenvalue weighted by Gasteiger charge is 1.71. The number of hydrogen-bond acceptors (Lipinski definition) is 2. The topological polar surface area (TPSA) is 21.3 Å². The molecule has 0 aliphatic heterocycles. The van der Waals surface area contributed by atoms with Crippen LogP contribution < -0.4 is 5.32 Å². The summed E-state index contributed by atoms with van der Waals surface area (Å²) in [4.78, 5) is 0. The van der Waals surface area contributed by atoms with Gasteiger partial charge in [0.15, 0.2) is 0 Å². The fourth-order valence-corrected chi connectivity index (χ4v) is 0.406. The Morgan fingerprint density at radius 1 is 1.40 bits per heavy atom. The molecule has 0 heterocycles. The smallest absolute Gasteiger partial charge is 0.107 e. The van der Waals surface area contributed by atoms with E-state index >= 15 is 0 Å². The highest BCUT2D eigenvalue weighted by atomic mass is 16.5. The van der Waals surface area contributed by atoms with E-state index in [1.807, 2.05) is 12.3 Å². The summed E-state index contributed by atoms with van der Waals surface area (Å²) in [5.74, 6) is 0. The Hall–Kier alpha value is -1.18. The van der Waals surface area contributed by atoms with Crippen molar-refractivity contribution >= 4 is 0 Å². The monoisotopic (exact) mass is 139 g/mol. The van der Waals surface area contributed by atoms with Crippen LogP contribution in [0.5, 0.6) is 0 Å². The van der Waals surface area contributed by atoms with E-state index in [-0.39, 0.29) is 0 Å². The van der Waals surface area contributed by atoms with E-state index in [2.05, 4.69) is 18.5 Å². The Labute approximate surface area is 61.9 Å². The average Bonchev–Trinajstić information content (AvgIpc) is 1.97. The molecule has 1 N–H and O–H groups in total. The van der Waals surface area contributed by atoms with Gasteiger partial charge in [-0.3, -0.25) is 0 Å². The van der Waals surface area contributed by atoms with Crippen molar-refractivity contribution in [1.82, 2.24) is 5.32 Å². The van der Waals surface area contributed by atoms with Crippen molar-refractivity contribution < 1.29 is 4.74 Å². The van der Waals surface area contributed by atoms with Crippen molar-refractivity contribution in [2.75, 3.05) is 13.2 Å². The Balaban J connectivity index is 3.03. The largest absolute Gasteiger partial charge is 0.498 e. The van der Waals surface area contributed by atoms with E-state index in [1.165, 1.54) is 6.26 Å². The van der Waals surface area contributed by atoms with Gasteiger partial charge in [-0.25, -0.2) is 0 Å². The second-order valence-electron chi connectivity index (χ2n) is 1.60. The summed E-state index contributed by atoms with van der Waals surface area (Å²) in [7, 11) is 0. The minimum atomic E-state index is 0.563. The summed E-state index contributed by atoms with van der Waals surface area (Å²) in [6.45, 7) is 8.30. The summed E-state index contributed by atoms with van der Waals surface area (Å²) in [6.07, 6.45) is 6.90. The highest BCUT2D eigenvalue weighted by Crippen LogP contribution is 1.74. The minimum absolute atomic E-state index is 0.563. The van der Waals surface area contributed by atoms with Gasteiger partial charge in [-0.2, -0.15) is 0 Å². The van der Waals surface area contributed by atoms with Gasteiger partial charge in [0.05, 0.1) is 6.26 Å². The van der Waals surface area contributed by atoms with Crippen LogP contribution in [0.2, 0.25) is 0 Å². The third-order valence-corrected chi connectivity index (χ3v) is 0.808. The molecule has 0 fully saturated rings. The average molecular weight is 139 g/mol. The van der Waals surface area contributed by atoms with E-state index in [0.717, 1.165) is 6.54 Å². The van der Waals surface area contributed by atoms with Crippen molar-refractivity contribution in [3.05, 3.63) is 37.8 Å². The van der Waals surface area contributed by atoms with Crippen LogP contribution >= 0.6 is 0 Å². The van der Waals surface area contributed by atoms with Crippen LogP contribution in [0.15, 0.2) is 37.8 Å². The first-order valence-corrected chi connectivity index (χ1v) is 3.13. The van der Waals surface area contributed by atoms with Gasteiger partial charge in [0.2, 0.25) is 0 Å². The molecule has 10 heavy (non-hydrogen) atoms. The molecule has 0 atom stereocenters.